The van der Waals surface area contributed by atoms with Crippen LogP contribution in [0.5, 0.6) is 0 Å². The zero-order valence-corrected chi connectivity index (χ0v) is 28.5. The molecule has 0 fully saturated rings. The van der Waals surface area contributed by atoms with Crippen LogP contribution in [0.3, 0.4) is 0 Å². The van der Waals surface area contributed by atoms with Crippen LogP contribution in [0.2, 0.25) is 6.04 Å². The van der Waals surface area contributed by atoms with Gasteiger partial charge in [-0.25, -0.2) is 8.85 Å². The van der Waals surface area contributed by atoms with E-state index in [1.54, 1.807) is 24.3 Å². The van der Waals surface area contributed by atoms with E-state index < -0.39 is 9.28 Å². The first-order valence-corrected chi connectivity index (χ1v) is 18.6. The fourth-order valence-electron chi connectivity index (χ4n) is 7.09. The summed E-state index contributed by atoms with van der Waals surface area (Å²) in [4.78, 5) is 57.7. The van der Waals surface area contributed by atoms with Gasteiger partial charge in [-0.1, -0.05) is 24.3 Å². The highest BCUT2D eigenvalue weighted by atomic mass is 32.2. The fraction of sp³-hybridized carbons (Fsp3) is 0.333. The molecule has 5 aromatic rings. The summed E-state index contributed by atoms with van der Waals surface area (Å²) < 4.78 is 16.8. The Labute approximate surface area is 278 Å². The van der Waals surface area contributed by atoms with Crippen LogP contribution in [-0.4, -0.2) is 81.4 Å². The van der Waals surface area contributed by atoms with Gasteiger partial charge in [0.2, 0.25) is 0 Å². The molecule has 240 valence electrons. The molecule has 0 spiro atoms. The molecule has 2 heterocycles. The lowest BCUT2D eigenvalue weighted by Crippen LogP contribution is -2.41. The number of amides is 4. The summed E-state index contributed by atoms with van der Waals surface area (Å²) in [6.07, 6.45) is 1.23. The predicted octanol–water partition coefficient (Wildman–Crippen LogP) is 6.96. The van der Waals surface area contributed by atoms with Crippen LogP contribution in [-0.2, 0) is 13.0 Å². The molecule has 4 amide bonds. The number of benzene rings is 5. The van der Waals surface area contributed by atoms with Gasteiger partial charge in [-0.05, 0) is 102 Å². The minimum atomic E-state index is -1.46. The zero-order valence-electron chi connectivity index (χ0n) is 26.6. The van der Waals surface area contributed by atoms with Crippen molar-refractivity contribution < 1.29 is 32.2 Å². The van der Waals surface area contributed by atoms with E-state index in [4.69, 9.17) is 13.0 Å². The third-order valence-electron chi connectivity index (χ3n) is 8.99. The molecule has 0 aliphatic carbocycles. The normalized spacial score (nSPS) is 14.6. The minimum Gasteiger partial charge on any atom is -0.316 e. The van der Waals surface area contributed by atoms with Crippen LogP contribution in [0.25, 0.3) is 43.1 Å². The maximum Gasteiger partial charge on any atom is 0.643 e. The van der Waals surface area contributed by atoms with Crippen LogP contribution >= 0.6 is 12.0 Å². The molecule has 2 aliphatic rings. The van der Waals surface area contributed by atoms with Crippen molar-refractivity contribution >= 4 is 88.0 Å². The average Bonchev–Trinajstić information content (AvgIpc) is 3.08. The molecular formula is C36H35N2O7SSi+. The Balaban J connectivity index is 1.29. The molecule has 0 saturated carbocycles. The molecule has 2 aliphatic heterocycles. The first-order chi connectivity index (χ1) is 22.9. The molecule has 0 unspecified atom stereocenters. The summed E-state index contributed by atoms with van der Waals surface area (Å²) in [5, 5.41) is 6.51. The molecule has 47 heavy (non-hydrogen) atoms. The Morgan fingerprint density at radius 1 is 0.553 bits per heavy atom. The van der Waals surface area contributed by atoms with Crippen LogP contribution < -0.4 is 0 Å². The van der Waals surface area contributed by atoms with Crippen LogP contribution in [0.15, 0.2) is 48.5 Å². The summed E-state index contributed by atoms with van der Waals surface area (Å²) in [7, 11) is -1.46. The van der Waals surface area contributed by atoms with Gasteiger partial charge in [-0.2, -0.15) is 0 Å². The lowest BCUT2D eigenvalue weighted by molar-refractivity contribution is 0.0595. The van der Waals surface area contributed by atoms with E-state index in [-0.39, 0.29) is 30.2 Å². The smallest absolute Gasteiger partial charge is 0.316 e. The fourth-order valence-corrected chi connectivity index (χ4v) is 9.08. The lowest BCUT2D eigenvalue weighted by Gasteiger charge is -2.30. The van der Waals surface area contributed by atoms with E-state index in [9.17, 15) is 19.2 Å². The number of hydrogen-bond acceptors (Lipinski definition) is 8. The molecule has 7 rings (SSSR count). The first-order valence-electron chi connectivity index (χ1n) is 16.2. The van der Waals surface area contributed by atoms with Crippen molar-refractivity contribution in [2.75, 3.05) is 38.7 Å². The summed E-state index contributed by atoms with van der Waals surface area (Å²) in [6.45, 7) is 8.12. The van der Waals surface area contributed by atoms with Crippen LogP contribution in [0.4, 0.5) is 0 Å². The lowest BCUT2D eigenvalue weighted by atomic mass is 9.82. The van der Waals surface area contributed by atoms with E-state index in [2.05, 4.69) is 0 Å². The molecular weight excluding hydrogens is 633 g/mol. The predicted molar refractivity (Wildman–Crippen MR) is 186 cm³/mol. The Bertz CT molecular complexity index is 1960. The molecule has 11 heteroatoms. The zero-order chi connectivity index (χ0) is 32.8. The van der Waals surface area contributed by atoms with E-state index >= 15 is 0 Å². The Morgan fingerprint density at radius 2 is 0.957 bits per heavy atom. The van der Waals surface area contributed by atoms with E-state index in [0.29, 0.717) is 84.0 Å². The standard InChI is InChI=1S/C36H35N2O7SSi/c1-4-43-46-19-7-17-37-33(39)25-13-9-21-23-11-15-27-32-28(36(42)38(35(27)41)18-8-20-47(44-5-2)45-6-3)16-12-24(30(23)32)22-10-14-26(34(37)40)31(25)29(21)22/h9-16H,4-8,17-20H2,1-3H3/q+1. The highest BCUT2D eigenvalue weighted by Gasteiger charge is 2.38. The summed E-state index contributed by atoms with van der Waals surface area (Å²) in [5.41, 5.74) is 2.01. The highest BCUT2D eigenvalue weighted by Crippen LogP contribution is 2.46. The topological polar surface area (TPSA) is 102 Å². The van der Waals surface area contributed by atoms with E-state index in [1.165, 1.54) is 21.8 Å². The second-order valence-electron chi connectivity index (χ2n) is 11.6. The van der Waals surface area contributed by atoms with Gasteiger partial charge in [0.1, 0.15) is 6.04 Å². The number of carbonyl (C=O) groups is 4. The van der Waals surface area contributed by atoms with Crippen molar-refractivity contribution in [3.63, 3.8) is 0 Å². The molecule has 0 bridgehead atoms. The Morgan fingerprint density at radius 3 is 1.34 bits per heavy atom. The summed E-state index contributed by atoms with van der Waals surface area (Å²) in [6, 6.07) is 15.6. The van der Waals surface area contributed by atoms with Crippen molar-refractivity contribution in [3.8, 4) is 0 Å². The average molecular weight is 668 g/mol. The maximum absolute atomic E-state index is 13.8. The van der Waals surface area contributed by atoms with Gasteiger partial charge in [0.25, 0.3) is 23.6 Å². The van der Waals surface area contributed by atoms with Crippen molar-refractivity contribution in [1.29, 1.82) is 0 Å². The van der Waals surface area contributed by atoms with Crippen molar-refractivity contribution in [3.05, 3.63) is 70.8 Å². The third-order valence-corrected chi connectivity index (χ3v) is 11.8. The molecule has 0 radical (unpaired) electrons. The number of imide groups is 2. The molecule has 9 nitrogen and oxygen atoms in total. The second-order valence-corrected chi connectivity index (χ2v) is 14.3. The van der Waals surface area contributed by atoms with Gasteiger partial charge in [0, 0.05) is 51.9 Å². The van der Waals surface area contributed by atoms with Crippen molar-refractivity contribution in [2.45, 2.75) is 39.7 Å². The van der Waals surface area contributed by atoms with E-state index in [1.807, 2.05) is 45.0 Å². The van der Waals surface area contributed by atoms with E-state index in [0.717, 1.165) is 32.3 Å². The van der Waals surface area contributed by atoms with Gasteiger partial charge in [0.15, 0.2) is 0 Å². The van der Waals surface area contributed by atoms with Gasteiger partial charge >= 0.3 is 9.28 Å². The largest absolute Gasteiger partial charge is 0.643 e. The number of rotatable bonds is 14. The van der Waals surface area contributed by atoms with Crippen molar-refractivity contribution in [1.82, 2.24) is 9.80 Å². The Hall–Kier alpha value is -3.87. The number of carbonyl (C=O) groups excluding carboxylic acids is 4. The van der Waals surface area contributed by atoms with Crippen LogP contribution in [0, 0.1) is 0 Å². The molecule has 0 atom stereocenters. The number of nitrogens with zero attached hydrogens (tertiary/aromatic N) is 2. The molecule has 0 aromatic heterocycles. The Kier molecular flexibility index (Phi) is 8.75. The van der Waals surface area contributed by atoms with Gasteiger partial charge in [0.05, 0.1) is 19.8 Å². The minimum absolute atomic E-state index is 0.286. The summed E-state index contributed by atoms with van der Waals surface area (Å²) >= 11 is 1.34. The monoisotopic (exact) mass is 667 g/mol. The van der Waals surface area contributed by atoms with Crippen molar-refractivity contribution in [2.24, 2.45) is 0 Å². The number of fused-ring (bicyclic) bond motifs is 2. The van der Waals surface area contributed by atoms with Gasteiger partial charge in [-0.3, -0.25) is 29.0 Å². The van der Waals surface area contributed by atoms with Crippen LogP contribution in [0.1, 0.15) is 75.0 Å². The molecule has 0 saturated heterocycles. The van der Waals surface area contributed by atoms with Gasteiger partial charge < -0.3 is 4.18 Å². The first kappa shape index (κ1) is 31.7. The highest BCUT2D eigenvalue weighted by molar-refractivity contribution is 7.94. The third kappa shape index (κ3) is 5.12. The number of hydrogen-bond donors (Lipinski definition) is 0. The maximum atomic E-state index is 13.8. The second kappa shape index (κ2) is 13.0. The summed E-state index contributed by atoms with van der Waals surface area (Å²) in [5.74, 6) is -0.520. The molecule has 0 N–H and O–H groups in total. The SMILES string of the molecule is CCOSCCCN1C(=O)c2ccc3c4ccc5c6c(ccc(c7ccc(c2c37)C1=O)c64)C(=O)N(CCC[Si+](OCC)OCC)C5=O. The molecule has 5 aromatic carbocycles. The van der Waals surface area contributed by atoms with Gasteiger partial charge in [-0.15, -0.1) is 0 Å². The quantitative estimate of drug-likeness (QED) is 0.0313.